The largest absolute Gasteiger partial charge is 0.381 e. The first-order valence-electron chi connectivity index (χ1n) is 10.9. The van der Waals surface area contributed by atoms with Crippen LogP contribution in [0.5, 0.6) is 0 Å². The van der Waals surface area contributed by atoms with Crippen LogP contribution in [0, 0.1) is 5.92 Å². The van der Waals surface area contributed by atoms with E-state index < -0.39 is 0 Å². The number of anilines is 1. The summed E-state index contributed by atoms with van der Waals surface area (Å²) in [6.45, 7) is 4.84. The third kappa shape index (κ3) is 3.51. The lowest BCUT2D eigenvalue weighted by Gasteiger charge is -2.46. The molecule has 2 bridgehead atoms. The molecule has 2 atom stereocenters. The molecular formula is C24H31N3O2. The van der Waals surface area contributed by atoms with Gasteiger partial charge in [-0.05, 0) is 55.0 Å². The van der Waals surface area contributed by atoms with Crippen LogP contribution < -0.4 is 10.5 Å². The zero-order valence-electron chi connectivity index (χ0n) is 17.5. The smallest absolute Gasteiger partial charge is 0.258 e. The average Bonchev–Trinajstić information content (AvgIpc) is 2.75. The van der Waals surface area contributed by atoms with Crippen molar-refractivity contribution in [2.45, 2.75) is 37.8 Å². The van der Waals surface area contributed by atoms with Crippen LogP contribution in [-0.2, 0) is 11.3 Å². The summed E-state index contributed by atoms with van der Waals surface area (Å²) in [4.78, 5) is 18.1. The highest BCUT2D eigenvalue weighted by Gasteiger charge is 2.37. The molecule has 154 valence electrons. The molecule has 0 saturated carbocycles. The van der Waals surface area contributed by atoms with E-state index in [1.807, 2.05) is 20.2 Å². The van der Waals surface area contributed by atoms with Gasteiger partial charge in [-0.2, -0.15) is 0 Å². The van der Waals surface area contributed by atoms with Crippen LogP contribution in [0.25, 0.3) is 11.1 Å². The Kier molecular flexibility index (Phi) is 4.96. The number of fused-ring (bicyclic) bond motifs is 4. The molecule has 29 heavy (non-hydrogen) atoms. The number of piperidine rings is 1. The molecule has 2 aromatic rings. The van der Waals surface area contributed by atoms with Gasteiger partial charge in [0.2, 0.25) is 0 Å². The van der Waals surface area contributed by atoms with E-state index in [1.54, 1.807) is 0 Å². The van der Waals surface area contributed by atoms with Gasteiger partial charge in [0.25, 0.3) is 5.56 Å². The molecule has 5 heteroatoms. The molecular weight excluding hydrogens is 362 g/mol. The van der Waals surface area contributed by atoms with Crippen LogP contribution in [-0.4, -0.2) is 55.9 Å². The fourth-order valence-corrected chi connectivity index (χ4v) is 5.49. The van der Waals surface area contributed by atoms with E-state index in [2.05, 4.69) is 44.7 Å². The zero-order chi connectivity index (χ0) is 20.0. The van der Waals surface area contributed by atoms with Crippen molar-refractivity contribution in [3.8, 4) is 11.1 Å². The van der Waals surface area contributed by atoms with E-state index >= 15 is 0 Å². The number of rotatable bonds is 3. The Balaban J connectivity index is 1.43. The van der Waals surface area contributed by atoms with E-state index in [9.17, 15) is 4.79 Å². The van der Waals surface area contributed by atoms with Crippen LogP contribution in [0.15, 0.2) is 41.2 Å². The normalized spacial score (nSPS) is 24.9. The van der Waals surface area contributed by atoms with Crippen LogP contribution in [0.4, 0.5) is 5.69 Å². The van der Waals surface area contributed by atoms with Crippen LogP contribution in [0.3, 0.4) is 0 Å². The summed E-state index contributed by atoms with van der Waals surface area (Å²) in [6.07, 6.45) is 3.51. The van der Waals surface area contributed by atoms with Gasteiger partial charge in [0, 0.05) is 75.8 Å². The van der Waals surface area contributed by atoms with Crippen LogP contribution in [0.2, 0.25) is 0 Å². The van der Waals surface area contributed by atoms with E-state index in [0.29, 0.717) is 17.9 Å². The minimum atomic E-state index is 0.175. The summed E-state index contributed by atoms with van der Waals surface area (Å²) in [5, 5.41) is 0. The van der Waals surface area contributed by atoms with Crippen LogP contribution in [0.1, 0.15) is 30.9 Å². The summed E-state index contributed by atoms with van der Waals surface area (Å²) < 4.78 is 7.64. The summed E-state index contributed by atoms with van der Waals surface area (Å²) >= 11 is 0. The van der Waals surface area contributed by atoms with Crippen molar-refractivity contribution in [2.24, 2.45) is 5.92 Å². The molecule has 2 saturated heterocycles. The zero-order valence-corrected chi connectivity index (χ0v) is 17.5. The summed E-state index contributed by atoms with van der Waals surface area (Å²) in [7, 11) is 4.07. The van der Waals surface area contributed by atoms with Crippen molar-refractivity contribution in [1.82, 2.24) is 9.47 Å². The Labute approximate surface area is 172 Å². The Bertz CT molecular complexity index is 928. The number of aromatic nitrogens is 1. The number of ether oxygens (including phenoxy) is 1. The van der Waals surface area contributed by atoms with Crippen molar-refractivity contribution in [2.75, 3.05) is 45.3 Å². The van der Waals surface area contributed by atoms with Gasteiger partial charge in [-0.3, -0.25) is 9.69 Å². The molecule has 1 aromatic carbocycles. The average molecular weight is 394 g/mol. The SMILES string of the molecule is CN(C)c1ccc(-c2ccc3n(c2=O)C[C@H]2C[C@@H]3CN(C3CCOCC3)C2)cc1. The van der Waals surface area contributed by atoms with E-state index in [4.69, 9.17) is 4.74 Å². The highest BCUT2D eigenvalue weighted by Crippen LogP contribution is 2.37. The first kappa shape index (κ1) is 18.9. The maximum absolute atomic E-state index is 13.4. The van der Waals surface area contributed by atoms with Gasteiger partial charge in [-0.15, -0.1) is 0 Å². The lowest BCUT2D eigenvalue weighted by atomic mass is 9.81. The van der Waals surface area contributed by atoms with Gasteiger partial charge in [-0.1, -0.05) is 12.1 Å². The molecule has 0 amide bonds. The van der Waals surface area contributed by atoms with Gasteiger partial charge >= 0.3 is 0 Å². The number of likely N-dealkylation sites (tertiary alicyclic amines) is 1. The molecule has 0 N–H and O–H groups in total. The van der Waals surface area contributed by atoms with Crippen molar-refractivity contribution >= 4 is 5.69 Å². The Morgan fingerprint density at radius 1 is 0.966 bits per heavy atom. The van der Waals surface area contributed by atoms with E-state index in [0.717, 1.165) is 62.5 Å². The second-order valence-electron chi connectivity index (χ2n) is 9.13. The molecule has 0 radical (unpaired) electrons. The van der Waals surface area contributed by atoms with Crippen LogP contribution >= 0.6 is 0 Å². The molecule has 3 aliphatic rings. The quantitative estimate of drug-likeness (QED) is 0.803. The molecule has 1 aromatic heterocycles. The maximum Gasteiger partial charge on any atom is 0.258 e. The number of benzene rings is 1. The van der Waals surface area contributed by atoms with Crippen molar-refractivity contribution in [1.29, 1.82) is 0 Å². The second-order valence-corrected chi connectivity index (χ2v) is 9.13. The fraction of sp³-hybridized carbons (Fsp3) is 0.542. The summed E-state index contributed by atoms with van der Waals surface area (Å²) in [5.41, 5.74) is 4.39. The lowest BCUT2D eigenvalue weighted by molar-refractivity contribution is 0.00589. The molecule has 0 aliphatic carbocycles. The van der Waals surface area contributed by atoms with Crippen molar-refractivity contribution < 1.29 is 4.74 Å². The Morgan fingerprint density at radius 2 is 1.72 bits per heavy atom. The van der Waals surface area contributed by atoms with Crippen molar-refractivity contribution in [3.05, 3.63) is 52.4 Å². The molecule has 3 aliphatic heterocycles. The number of nitrogens with zero attached hydrogens (tertiary/aromatic N) is 3. The van der Waals surface area contributed by atoms with Gasteiger partial charge in [0.05, 0.1) is 0 Å². The molecule has 5 nitrogen and oxygen atoms in total. The van der Waals surface area contributed by atoms with Gasteiger partial charge in [0.1, 0.15) is 0 Å². The number of pyridine rings is 1. The topological polar surface area (TPSA) is 37.7 Å². The highest BCUT2D eigenvalue weighted by molar-refractivity contribution is 5.65. The van der Waals surface area contributed by atoms with E-state index in [-0.39, 0.29) is 5.56 Å². The van der Waals surface area contributed by atoms with Gasteiger partial charge in [0.15, 0.2) is 0 Å². The van der Waals surface area contributed by atoms with E-state index in [1.165, 1.54) is 12.1 Å². The first-order valence-corrected chi connectivity index (χ1v) is 10.9. The van der Waals surface area contributed by atoms with Gasteiger partial charge in [-0.25, -0.2) is 0 Å². The van der Waals surface area contributed by atoms with Gasteiger partial charge < -0.3 is 14.2 Å². The minimum Gasteiger partial charge on any atom is -0.381 e. The fourth-order valence-electron chi connectivity index (χ4n) is 5.49. The number of hydrogen-bond acceptors (Lipinski definition) is 4. The molecule has 0 unspecified atom stereocenters. The Hall–Kier alpha value is -2.11. The minimum absolute atomic E-state index is 0.175. The second kappa shape index (κ2) is 7.62. The third-order valence-electron chi connectivity index (χ3n) is 7.03. The molecule has 0 spiro atoms. The number of hydrogen-bond donors (Lipinski definition) is 0. The monoisotopic (exact) mass is 393 g/mol. The molecule has 2 fully saturated rings. The highest BCUT2D eigenvalue weighted by atomic mass is 16.5. The third-order valence-corrected chi connectivity index (χ3v) is 7.03. The maximum atomic E-state index is 13.4. The van der Waals surface area contributed by atoms with Crippen molar-refractivity contribution in [3.63, 3.8) is 0 Å². The summed E-state index contributed by atoms with van der Waals surface area (Å²) in [5.74, 6) is 1.05. The summed E-state index contributed by atoms with van der Waals surface area (Å²) in [6, 6.07) is 13.2. The first-order chi connectivity index (χ1) is 14.1. The standard InChI is InChI=1S/C24H31N3O2/c1-25(2)20-5-3-18(4-6-20)22-7-8-23-19-13-17(15-27(23)24(22)28)14-26(16-19)21-9-11-29-12-10-21/h3-8,17,19,21H,9-16H2,1-2H3/t17-,19+/m0/s1. The predicted molar refractivity (Wildman–Crippen MR) is 117 cm³/mol. The molecule has 4 heterocycles. The Morgan fingerprint density at radius 3 is 2.45 bits per heavy atom. The molecule has 5 rings (SSSR count). The lowest BCUT2D eigenvalue weighted by Crippen LogP contribution is -2.51. The predicted octanol–water partition coefficient (Wildman–Crippen LogP) is 3.18.